The summed E-state index contributed by atoms with van der Waals surface area (Å²) in [5.41, 5.74) is 0. The van der Waals surface area contributed by atoms with Gasteiger partial charge in [0.05, 0.1) is 18.8 Å². The van der Waals surface area contributed by atoms with Gasteiger partial charge in [-0.25, -0.2) is 0 Å². The van der Waals surface area contributed by atoms with Crippen LogP contribution in [0.1, 0.15) is 51.9 Å². The number of likely N-dealkylation sites (N-methyl/N-ethyl adjacent to an activating group) is 1. The van der Waals surface area contributed by atoms with Gasteiger partial charge in [-0.1, -0.05) is 26.2 Å². The molecular formula is C14H27NO2. The van der Waals surface area contributed by atoms with Crippen molar-refractivity contribution >= 4 is 0 Å². The minimum Gasteiger partial charge on any atom is -0.376 e. The lowest BCUT2D eigenvalue weighted by atomic mass is 10.1. The second kappa shape index (κ2) is 7.34. The van der Waals surface area contributed by atoms with E-state index in [4.69, 9.17) is 9.47 Å². The Morgan fingerprint density at radius 1 is 1.12 bits per heavy atom. The predicted molar refractivity (Wildman–Crippen MR) is 69.3 cm³/mol. The van der Waals surface area contributed by atoms with Crippen molar-refractivity contribution in [1.29, 1.82) is 0 Å². The summed E-state index contributed by atoms with van der Waals surface area (Å²) in [7, 11) is 0. The Hall–Kier alpha value is -0.120. The van der Waals surface area contributed by atoms with Gasteiger partial charge in [0.1, 0.15) is 0 Å². The van der Waals surface area contributed by atoms with Crippen LogP contribution in [0.3, 0.4) is 0 Å². The van der Waals surface area contributed by atoms with Gasteiger partial charge in [0.2, 0.25) is 0 Å². The van der Waals surface area contributed by atoms with Crippen LogP contribution in [0.25, 0.3) is 0 Å². The second-order valence-corrected chi connectivity index (χ2v) is 5.31. The molecule has 2 rings (SSSR count). The topological polar surface area (TPSA) is 30.5 Å². The Morgan fingerprint density at radius 3 is 2.76 bits per heavy atom. The lowest BCUT2D eigenvalue weighted by Gasteiger charge is -2.27. The molecule has 1 saturated carbocycles. The highest BCUT2D eigenvalue weighted by Crippen LogP contribution is 2.22. The van der Waals surface area contributed by atoms with Gasteiger partial charge in [-0.15, -0.1) is 0 Å². The molecule has 3 atom stereocenters. The van der Waals surface area contributed by atoms with Crippen LogP contribution in [-0.4, -0.2) is 38.0 Å². The van der Waals surface area contributed by atoms with Gasteiger partial charge in [-0.3, -0.25) is 0 Å². The smallest absolute Gasteiger partial charge is 0.0809 e. The van der Waals surface area contributed by atoms with E-state index in [1.165, 1.54) is 44.9 Å². The number of hydrogen-bond acceptors (Lipinski definition) is 3. The van der Waals surface area contributed by atoms with Crippen LogP contribution in [-0.2, 0) is 9.47 Å². The Kier molecular flexibility index (Phi) is 5.75. The fourth-order valence-corrected chi connectivity index (χ4v) is 2.98. The van der Waals surface area contributed by atoms with E-state index in [-0.39, 0.29) is 0 Å². The average Bonchev–Trinajstić information content (AvgIpc) is 2.76. The van der Waals surface area contributed by atoms with Crippen LogP contribution >= 0.6 is 0 Å². The molecule has 0 radical (unpaired) electrons. The molecule has 100 valence electrons. The zero-order chi connectivity index (χ0) is 11.9. The molecule has 3 nitrogen and oxygen atoms in total. The normalized spacial score (nSPS) is 34.8. The summed E-state index contributed by atoms with van der Waals surface area (Å²) in [4.78, 5) is 0. The fraction of sp³-hybridized carbons (Fsp3) is 1.00. The first-order valence-corrected chi connectivity index (χ1v) is 7.36. The van der Waals surface area contributed by atoms with E-state index in [9.17, 15) is 0 Å². The first kappa shape index (κ1) is 13.3. The number of rotatable bonds is 5. The largest absolute Gasteiger partial charge is 0.376 e. The highest BCUT2D eigenvalue weighted by atomic mass is 16.5. The van der Waals surface area contributed by atoms with E-state index in [0.717, 1.165) is 19.8 Å². The molecule has 0 aromatic rings. The molecular weight excluding hydrogens is 214 g/mol. The lowest BCUT2D eigenvalue weighted by Crippen LogP contribution is -2.41. The van der Waals surface area contributed by atoms with Crippen molar-refractivity contribution in [2.24, 2.45) is 0 Å². The highest BCUT2D eigenvalue weighted by molar-refractivity contribution is 4.80. The van der Waals surface area contributed by atoms with Crippen molar-refractivity contribution in [3.05, 3.63) is 0 Å². The number of nitrogens with one attached hydrogen (secondary N) is 1. The van der Waals surface area contributed by atoms with Crippen molar-refractivity contribution in [3.63, 3.8) is 0 Å². The molecule has 0 spiro atoms. The highest BCUT2D eigenvalue weighted by Gasteiger charge is 2.25. The molecule has 1 aliphatic carbocycles. The molecule has 2 fully saturated rings. The average molecular weight is 241 g/mol. The van der Waals surface area contributed by atoms with Gasteiger partial charge in [0.15, 0.2) is 0 Å². The Labute approximate surface area is 105 Å². The second-order valence-electron chi connectivity index (χ2n) is 5.31. The molecule has 0 bridgehead atoms. The van der Waals surface area contributed by atoms with Crippen LogP contribution in [0.15, 0.2) is 0 Å². The Balaban J connectivity index is 1.77. The fourth-order valence-electron chi connectivity index (χ4n) is 2.98. The molecule has 1 N–H and O–H groups in total. The summed E-state index contributed by atoms with van der Waals surface area (Å²) in [6.07, 6.45) is 9.65. The van der Waals surface area contributed by atoms with E-state index < -0.39 is 0 Å². The number of hydrogen-bond donors (Lipinski definition) is 1. The Bertz CT molecular complexity index is 204. The van der Waals surface area contributed by atoms with Gasteiger partial charge >= 0.3 is 0 Å². The van der Waals surface area contributed by atoms with Gasteiger partial charge in [-0.05, 0) is 32.2 Å². The molecule has 0 amide bonds. The maximum Gasteiger partial charge on any atom is 0.0809 e. The maximum atomic E-state index is 6.12. The zero-order valence-electron chi connectivity index (χ0n) is 11.1. The SMILES string of the molecule is CCNC1CCCCCC1OCC1CCCO1. The van der Waals surface area contributed by atoms with Crippen molar-refractivity contribution in [3.8, 4) is 0 Å². The van der Waals surface area contributed by atoms with Crippen molar-refractivity contribution < 1.29 is 9.47 Å². The summed E-state index contributed by atoms with van der Waals surface area (Å²) < 4.78 is 11.7. The molecule has 0 aromatic heterocycles. The van der Waals surface area contributed by atoms with Crippen molar-refractivity contribution in [2.45, 2.75) is 70.1 Å². The van der Waals surface area contributed by atoms with E-state index in [2.05, 4.69) is 12.2 Å². The van der Waals surface area contributed by atoms with Gasteiger partial charge in [0, 0.05) is 12.6 Å². The first-order chi connectivity index (χ1) is 8.40. The zero-order valence-corrected chi connectivity index (χ0v) is 11.1. The minimum absolute atomic E-state index is 0.362. The quantitative estimate of drug-likeness (QED) is 0.750. The minimum atomic E-state index is 0.362. The predicted octanol–water partition coefficient (Wildman–Crippen LogP) is 2.49. The third-order valence-electron chi connectivity index (χ3n) is 3.94. The third-order valence-corrected chi connectivity index (χ3v) is 3.94. The van der Waals surface area contributed by atoms with Crippen LogP contribution in [0.4, 0.5) is 0 Å². The standard InChI is InChI=1S/C14H27NO2/c1-2-15-13-8-4-3-5-9-14(13)17-11-12-7-6-10-16-12/h12-15H,2-11H2,1H3. The molecule has 1 heterocycles. The summed E-state index contributed by atoms with van der Waals surface area (Å²) in [5.74, 6) is 0. The van der Waals surface area contributed by atoms with E-state index >= 15 is 0 Å². The third kappa shape index (κ3) is 4.23. The van der Waals surface area contributed by atoms with Gasteiger partial charge in [-0.2, -0.15) is 0 Å². The molecule has 17 heavy (non-hydrogen) atoms. The van der Waals surface area contributed by atoms with Crippen LogP contribution in [0.2, 0.25) is 0 Å². The van der Waals surface area contributed by atoms with Crippen LogP contribution in [0, 0.1) is 0 Å². The number of ether oxygens (including phenoxy) is 2. The summed E-state index contributed by atoms with van der Waals surface area (Å²) >= 11 is 0. The van der Waals surface area contributed by atoms with Crippen LogP contribution in [0.5, 0.6) is 0 Å². The molecule has 3 unspecified atom stereocenters. The first-order valence-electron chi connectivity index (χ1n) is 7.36. The summed E-state index contributed by atoms with van der Waals surface area (Å²) in [6.45, 7) is 4.95. The molecule has 2 aliphatic rings. The van der Waals surface area contributed by atoms with Crippen molar-refractivity contribution in [1.82, 2.24) is 5.32 Å². The molecule has 1 aliphatic heterocycles. The monoisotopic (exact) mass is 241 g/mol. The van der Waals surface area contributed by atoms with E-state index in [1.54, 1.807) is 0 Å². The van der Waals surface area contributed by atoms with Gasteiger partial charge < -0.3 is 14.8 Å². The van der Waals surface area contributed by atoms with Crippen LogP contribution < -0.4 is 5.32 Å². The van der Waals surface area contributed by atoms with Crippen molar-refractivity contribution in [2.75, 3.05) is 19.8 Å². The molecule has 1 saturated heterocycles. The summed E-state index contributed by atoms with van der Waals surface area (Å²) in [6, 6.07) is 0.559. The lowest BCUT2D eigenvalue weighted by molar-refractivity contribution is -0.0358. The maximum absolute atomic E-state index is 6.12. The summed E-state index contributed by atoms with van der Waals surface area (Å²) in [5, 5.41) is 3.58. The molecule has 3 heteroatoms. The van der Waals surface area contributed by atoms with E-state index in [1.807, 2.05) is 0 Å². The van der Waals surface area contributed by atoms with E-state index in [0.29, 0.717) is 18.2 Å². The van der Waals surface area contributed by atoms with Gasteiger partial charge in [0.25, 0.3) is 0 Å². The molecule has 0 aromatic carbocycles. The Morgan fingerprint density at radius 2 is 2.00 bits per heavy atom.